The third-order valence-corrected chi connectivity index (χ3v) is 2.44. The van der Waals surface area contributed by atoms with Crippen molar-refractivity contribution in [3.63, 3.8) is 0 Å². The number of hydrogen-bond acceptors (Lipinski definition) is 3. The van der Waals surface area contributed by atoms with E-state index in [-0.39, 0.29) is 5.91 Å². The van der Waals surface area contributed by atoms with Crippen LogP contribution in [0, 0.1) is 0 Å². The van der Waals surface area contributed by atoms with Crippen LogP contribution in [0.1, 0.15) is 0 Å². The van der Waals surface area contributed by atoms with Gasteiger partial charge in [-0.15, -0.1) is 0 Å². The summed E-state index contributed by atoms with van der Waals surface area (Å²) in [5.41, 5.74) is 2.78. The molecule has 0 aliphatic carbocycles. The smallest absolute Gasteiger partial charge is 0.252 e. The van der Waals surface area contributed by atoms with Gasteiger partial charge in [-0.1, -0.05) is 0 Å². The van der Waals surface area contributed by atoms with E-state index in [0.717, 1.165) is 26.2 Å². The number of nitrogens with zero attached hydrogens (tertiary/aromatic N) is 2. The molecule has 1 aromatic rings. The first-order valence-corrected chi connectivity index (χ1v) is 5.20. The normalized spacial score (nSPS) is 17.6. The maximum absolute atomic E-state index is 11.6. The molecule has 0 saturated carbocycles. The number of carbonyl (C=O) groups excluding carboxylic acids is 1. The Morgan fingerprint density at radius 1 is 1.27 bits per heavy atom. The highest BCUT2D eigenvalue weighted by Gasteiger charge is 2.12. The van der Waals surface area contributed by atoms with Crippen LogP contribution < -0.4 is 10.7 Å². The summed E-state index contributed by atoms with van der Waals surface area (Å²) in [5, 5.41) is 3.25. The molecule has 0 radical (unpaired) electrons. The van der Waals surface area contributed by atoms with Crippen LogP contribution in [0.4, 0.5) is 0 Å². The van der Waals surface area contributed by atoms with Gasteiger partial charge in [0.2, 0.25) is 0 Å². The lowest BCUT2D eigenvalue weighted by Gasteiger charge is -2.26. The monoisotopic (exact) mass is 208 g/mol. The van der Waals surface area contributed by atoms with Crippen LogP contribution in [0.5, 0.6) is 0 Å². The van der Waals surface area contributed by atoms with Gasteiger partial charge in [-0.25, -0.2) is 0 Å². The Kier molecular flexibility index (Phi) is 3.37. The van der Waals surface area contributed by atoms with E-state index in [2.05, 4.69) is 15.6 Å². The fraction of sp³-hybridized carbons (Fsp3) is 0.500. The highest BCUT2D eigenvalue weighted by atomic mass is 16.2. The Hall–Kier alpha value is -1.33. The molecule has 1 aliphatic heterocycles. The van der Waals surface area contributed by atoms with Crippen molar-refractivity contribution in [3.05, 3.63) is 24.5 Å². The van der Waals surface area contributed by atoms with Gasteiger partial charge in [0.1, 0.15) is 0 Å². The summed E-state index contributed by atoms with van der Waals surface area (Å²) >= 11 is 0. The fourth-order valence-electron chi connectivity index (χ4n) is 1.66. The molecule has 1 aromatic heterocycles. The first kappa shape index (κ1) is 10.2. The van der Waals surface area contributed by atoms with Crippen LogP contribution in [0.3, 0.4) is 0 Å². The Labute approximate surface area is 89.0 Å². The molecule has 1 fully saturated rings. The fourth-order valence-corrected chi connectivity index (χ4v) is 1.66. The number of rotatable bonds is 3. The lowest BCUT2D eigenvalue weighted by atomic mass is 10.3. The molecule has 0 atom stereocenters. The molecule has 5 heteroatoms. The van der Waals surface area contributed by atoms with Crippen molar-refractivity contribution in [3.8, 4) is 0 Å². The average molecular weight is 208 g/mol. The summed E-state index contributed by atoms with van der Waals surface area (Å²) in [5.74, 6) is 0.0353. The van der Waals surface area contributed by atoms with Crippen LogP contribution >= 0.6 is 0 Å². The van der Waals surface area contributed by atoms with Gasteiger partial charge in [0.05, 0.1) is 6.54 Å². The van der Waals surface area contributed by atoms with Crippen LogP contribution in [-0.2, 0) is 4.79 Å². The Morgan fingerprint density at radius 3 is 2.60 bits per heavy atom. The maximum atomic E-state index is 11.6. The van der Waals surface area contributed by atoms with Crippen molar-refractivity contribution in [2.45, 2.75) is 0 Å². The van der Waals surface area contributed by atoms with E-state index in [4.69, 9.17) is 0 Å². The molecular formula is C10H16N4O. The van der Waals surface area contributed by atoms with E-state index in [0.29, 0.717) is 6.54 Å². The minimum atomic E-state index is 0.0353. The summed E-state index contributed by atoms with van der Waals surface area (Å²) in [7, 11) is 0. The van der Waals surface area contributed by atoms with Gasteiger partial charge in [-0.2, -0.15) is 0 Å². The molecule has 0 aromatic carbocycles. The van der Waals surface area contributed by atoms with Crippen LogP contribution in [0.15, 0.2) is 24.5 Å². The molecule has 0 unspecified atom stereocenters. The van der Waals surface area contributed by atoms with Crippen LogP contribution in [0.2, 0.25) is 0 Å². The zero-order valence-electron chi connectivity index (χ0n) is 8.65. The first-order valence-electron chi connectivity index (χ1n) is 5.20. The molecule has 2 rings (SSSR count). The highest BCUT2D eigenvalue weighted by molar-refractivity contribution is 5.85. The van der Waals surface area contributed by atoms with E-state index >= 15 is 0 Å². The lowest BCUT2D eigenvalue weighted by Crippen LogP contribution is -2.47. The van der Waals surface area contributed by atoms with Gasteiger partial charge >= 0.3 is 0 Å². The molecule has 0 bridgehead atoms. The van der Waals surface area contributed by atoms with Gasteiger partial charge in [0.25, 0.3) is 5.91 Å². The number of hydrogen-bond donors (Lipinski definition) is 2. The Bertz CT molecular complexity index is 303. The number of aromatic nitrogens is 1. The van der Waals surface area contributed by atoms with Crippen molar-refractivity contribution in [2.75, 3.05) is 38.1 Å². The standard InChI is InChI=1S/C10H16N4O/c15-10(12-14-5-1-2-6-14)9-13-7-3-11-4-8-13/h1-2,5-6,11H,3-4,7-9H2,(H,12,15). The van der Waals surface area contributed by atoms with Crippen molar-refractivity contribution >= 4 is 5.91 Å². The minimum Gasteiger partial charge on any atom is -0.314 e. The average Bonchev–Trinajstić information content (AvgIpc) is 2.71. The zero-order valence-corrected chi connectivity index (χ0v) is 8.65. The van der Waals surface area contributed by atoms with Gasteiger partial charge in [0, 0.05) is 38.6 Å². The molecular weight excluding hydrogens is 192 g/mol. The third-order valence-electron chi connectivity index (χ3n) is 2.44. The molecule has 5 nitrogen and oxygen atoms in total. The van der Waals surface area contributed by atoms with Gasteiger partial charge < -0.3 is 5.32 Å². The first-order chi connectivity index (χ1) is 7.34. The SMILES string of the molecule is O=C(CN1CCNCC1)Nn1cccc1. The maximum Gasteiger partial charge on any atom is 0.252 e. The number of carbonyl (C=O) groups is 1. The van der Waals surface area contributed by atoms with E-state index in [9.17, 15) is 4.79 Å². The Morgan fingerprint density at radius 2 is 1.93 bits per heavy atom. The quantitative estimate of drug-likeness (QED) is 0.701. The van der Waals surface area contributed by atoms with Gasteiger partial charge in [-0.05, 0) is 12.1 Å². The van der Waals surface area contributed by atoms with Gasteiger partial charge in [-0.3, -0.25) is 19.8 Å². The van der Waals surface area contributed by atoms with E-state index in [1.807, 2.05) is 24.5 Å². The summed E-state index contributed by atoms with van der Waals surface area (Å²) < 4.78 is 1.67. The lowest BCUT2D eigenvalue weighted by molar-refractivity contribution is -0.118. The zero-order chi connectivity index (χ0) is 10.5. The Balaban J connectivity index is 1.76. The molecule has 2 heterocycles. The second-order valence-corrected chi connectivity index (χ2v) is 3.65. The van der Waals surface area contributed by atoms with E-state index < -0.39 is 0 Å². The van der Waals surface area contributed by atoms with Crippen molar-refractivity contribution in [2.24, 2.45) is 0 Å². The largest absolute Gasteiger partial charge is 0.314 e. The summed E-state index contributed by atoms with van der Waals surface area (Å²) in [6.45, 7) is 4.30. The molecule has 15 heavy (non-hydrogen) atoms. The third kappa shape index (κ3) is 3.07. The molecule has 82 valence electrons. The van der Waals surface area contributed by atoms with Crippen molar-refractivity contribution in [1.29, 1.82) is 0 Å². The topological polar surface area (TPSA) is 49.3 Å². The number of piperazine rings is 1. The number of amides is 1. The molecule has 1 saturated heterocycles. The molecule has 0 spiro atoms. The van der Waals surface area contributed by atoms with Crippen molar-refractivity contribution in [1.82, 2.24) is 14.9 Å². The highest BCUT2D eigenvalue weighted by Crippen LogP contribution is 1.92. The van der Waals surface area contributed by atoms with Gasteiger partial charge in [0.15, 0.2) is 0 Å². The predicted octanol–water partition coefficient (Wildman–Crippen LogP) is -0.537. The predicted molar refractivity (Wildman–Crippen MR) is 58.1 cm³/mol. The second-order valence-electron chi connectivity index (χ2n) is 3.65. The number of nitrogens with one attached hydrogen (secondary N) is 2. The van der Waals surface area contributed by atoms with Crippen LogP contribution in [-0.4, -0.2) is 48.2 Å². The summed E-state index contributed by atoms with van der Waals surface area (Å²) in [6, 6.07) is 3.76. The van der Waals surface area contributed by atoms with E-state index in [1.165, 1.54) is 0 Å². The van der Waals surface area contributed by atoms with E-state index in [1.54, 1.807) is 4.68 Å². The minimum absolute atomic E-state index is 0.0353. The van der Waals surface area contributed by atoms with Crippen LogP contribution in [0.25, 0.3) is 0 Å². The summed E-state index contributed by atoms with van der Waals surface area (Å²) in [6.07, 6.45) is 3.63. The van der Waals surface area contributed by atoms with Crippen molar-refractivity contribution < 1.29 is 4.79 Å². The molecule has 1 aliphatic rings. The molecule has 2 N–H and O–H groups in total. The molecule has 1 amide bonds. The summed E-state index contributed by atoms with van der Waals surface area (Å²) in [4.78, 5) is 13.7. The second kappa shape index (κ2) is 4.95.